The van der Waals surface area contributed by atoms with Gasteiger partial charge in [-0.15, -0.1) is 0 Å². The number of methoxy groups -OCH3 is 1. The molecule has 0 amide bonds. The third kappa shape index (κ3) is 3.91. The summed E-state index contributed by atoms with van der Waals surface area (Å²) in [6.07, 6.45) is 0.234. The molecule has 88 valence electrons. The number of hydrogen-bond acceptors (Lipinski definition) is 2. The average molecular weight is 245 g/mol. The minimum atomic E-state index is -0.439. The van der Waals surface area contributed by atoms with Crippen LogP contribution in [0.25, 0.3) is 0 Å². The maximum Gasteiger partial charge on any atom is 0.139 e. The molecule has 0 aromatic heterocycles. The van der Waals surface area contributed by atoms with Gasteiger partial charge in [0, 0.05) is 25.0 Å². The number of benzene rings is 1. The van der Waals surface area contributed by atoms with Gasteiger partial charge < -0.3 is 4.74 Å². The van der Waals surface area contributed by atoms with Crippen LogP contribution in [0.15, 0.2) is 18.2 Å². The van der Waals surface area contributed by atoms with Crippen LogP contribution in [0.5, 0.6) is 0 Å². The van der Waals surface area contributed by atoms with Crippen molar-refractivity contribution in [2.24, 2.45) is 0 Å². The summed E-state index contributed by atoms with van der Waals surface area (Å²) in [5.41, 5.74) is 0.373. The van der Waals surface area contributed by atoms with Gasteiger partial charge in [0.05, 0.1) is 6.10 Å². The highest BCUT2D eigenvalue weighted by Gasteiger charge is 2.11. The summed E-state index contributed by atoms with van der Waals surface area (Å²) >= 11 is 5.62. The first-order valence-electron chi connectivity index (χ1n) is 5.01. The fourth-order valence-corrected chi connectivity index (χ4v) is 1.51. The highest BCUT2D eigenvalue weighted by atomic mass is 35.5. The number of rotatable bonds is 5. The Hall–Kier alpha value is -0.930. The second kappa shape index (κ2) is 5.97. The quantitative estimate of drug-likeness (QED) is 0.796. The topological polar surface area (TPSA) is 26.3 Å². The molecule has 1 aromatic rings. The van der Waals surface area contributed by atoms with Crippen LogP contribution in [0.3, 0.4) is 0 Å². The molecule has 0 spiro atoms. The lowest BCUT2D eigenvalue weighted by Crippen LogP contribution is -2.14. The first-order chi connectivity index (χ1) is 7.52. The van der Waals surface area contributed by atoms with Crippen LogP contribution in [-0.2, 0) is 16.0 Å². The molecule has 0 aliphatic carbocycles. The molecule has 0 aliphatic rings. The van der Waals surface area contributed by atoms with Crippen LogP contribution < -0.4 is 0 Å². The molecule has 16 heavy (non-hydrogen) atoms. The fraction of sp³-hybridized carbons (Fsp3) is 0.417. The van der Waals surface area contributed by atoms with Crippen LogP contribution in [0.2, 0.25) is 5.02 Å². The Bertz CT molecular complexity index is 379. The van der Waals surface area contributed by atoms with Crippen LogP contribution in [0.1, 0.15) is 18.9 Å². The summed E-state index contributed by atoms with van der Waals surface area (Å²) < 4.78 is 18.3. The van der Waals surface area contributed by atoms with E-state index in [1.165, 1.54) is 12.1 Å². The molecule has 1 atom stereocenters. The summed E-state index contributed by atoms with van der Waals surface area (Å²) in [4.78, 5) is 11.5. The first kappa shape index (κ1) is 13.1. The zero-order valence-corrected chi connectivity index (χ0v) is 10.1. The molecule has 4 heteroatoms. The highest BCUT2D eigenvalue weighted by molar-refractivity contribution is 6.30. The molecule has 0 saturated carbocycles. The number of carbonyl (C=O) groups is 1. The summed E-state index contributed by atoms with van der Waals surface area (Å²) in [6, 6.07) is 4.32. The molecule has 0 N–H and O–H groups in total. The largest absolute Gasteiger partial charge is 0.381 e. The molecular formula is C12H14ClFO2. The lowest BCUT2D eigenvalue weighted by molar-refractivity contribution is -0.120. The van der Waals surface area contributed by atoms with E-state index in [-0.39, 0.29) is 18.3 Å². The van der Waals surface area contributed by atoms with Gasteiger partial charge in [-0.05, 0) is 24.6 Å². The Morgan fingerprint density at radius 1 is 1.56 bits per heavy atom. The van der Waals surface area contributed by atoms with E-state index in [4.69, 9.17) is 16.3 Å². The number of halogens is 2. The van der Waals surface area contributed by atoms with Gasteiger partial charge in [-0.2, -0.15) is 0 Å². The van der Waals surface area contributed by atoms with E-state index in [1.807, 2.05) is 0 Å². The average Bonchev–Trinajstić information content (AvgIpc) is 2.22. The summed E-state index contributed by atoms with van der Waals surface area (Å²) in [7, 11) is 1.54. The minimum absolute atomic E-state index is 0.0458. The van der Waals surface area contributed by atoms with Gasteiger partial charge in [-0.25, -0.2) is 4.39 Å². The molecule has 1 rings (SSSR count). The number of ether oxygens (including phenoxy) is 1. The smallest absolute Gasteiger partial charge is 0.139 e. The van der Waals surface area contributed by atoms with Crippen molar-refractivity contribution in [3.8, 4) is 0 Å². The second-order valence-electron chi connectivity index (χ2n) is 3.70. The lowest BCUT2D eigenvalue weighted by atomic mass is 10.0. The van der Waals surface area contributed by atoms with Crippen molar-refractivity contribution in [3.05, 3.63) is 34.6 Å². The Labute approximate surface area is 99.4 Å². The second-order valence-corrected chi connectivity index (χ2v) is 4.14. The van der Waals surface area contributed by atoms with Crippen LogP contribution in [-0.4, -0.2) is 19.0 Å². The van der Waals surface area contributed by atoms with Crippen molar-refractivity contribution in [1.82, 2.24) is 0 Å². The molecule has 0 heterocycles. The van der Waals surface area contributed by atoms with Gasteiger partial charge in [0.2, 0.25) is 0 Å². The minimum Gasteiger partial charge on any atom is -0.381 e. The number of carbonyl (C=O) groups excluding carboxylic acids is 1. The summed E-state index contributed by atoms with van der Waals surface area (Å²) in [5, 5.41) is 0.332. The van der Waals surface area contributed by atoms with Crippen molar-refractivity contribution >= 4 is 17.4 Å². The molecule has 2 nitrogen and oxygen atoms in total. The number of Topliss-reactive ketones (excluding diaryl/α,β-unsaturated/α-hetero) is 1. The van der Waals surface area contributed by atoms with Crippen molar-refractivity contribution in [3.63, 3.8) is 0 Å². The zero-order chi connectivity index (χ0) is 12.1. The van der Waals surface area contributed by atoms with E-state index < -0.39 is 5.82 Å². The van der Waals surface area contributed by atoms with Gasteiger partial charge in [-0.1, -0.05) is 17.7 Å². The SMILES string of the molecule is COC(C)CC(=O)Cc1ccc(Cl)cc1F. The van der Waals surface area contributed by atoms with Crippen molar-refractivity contribution in [2.45, 2.75) is 25.9 Å². The highest BCUT2D eigenvalue weighted by Crippen LogP contribution is 2.16. The normalized spacial score (nSPS) is 12.5. The van der Waals surface area contributed by atoms with Crippen molar-refractivity contribution in [2.75, 3.05) is 7.11 Å². The van der Waals surface area contributed by atoms with E-state index in [9.17, 15) is 9.18 Å². The molecule has 0 bridgehead atoms. The number of ketones is 1. The Morgan fingerprint density at radius 2 is 2.25 bits per heavy atom. The molecule has 0 radical (unpaired) electrons. The predicted octanol–water partition coefficient (Wildman–Crippen LogP) is 3.02. The standard InChI is InChI=1S/C12H14ClFO2/c1-8(16-2)5-11(15)6-9-3-4-10(13)7-12(9)14/h3-4,7-8H,5-6H2,1-2H3. The van der Waals surface area contributed by atoms with Crippen LogP contribution >= 0.6 is 11.6 Å². The van der Waals surface area contributed by atoms with Gasteiger partial charge in [0.15, 0.2) is 0 Å². The molecule has 1 aromatic carbocycles. The van der Waals surface area contributed by atoms with E-state index in [0.29, 0.717) is 17.0 Å². The monoisotopic (exact) mass is 244 g/mol. The number of hydrogen-bond donors (Lipinski definition) is 0. The van der Waals surface area contributed by atoms with Gasteiger partial charge in [0.25, 0.3) is 0 Å². The summed E-state index contributed by atoms with van der Waals surface area (Å²) in [6.45, 7) is 1.80. The fourth-order valence-electron chi connectivity index (χ4n) is 1.35. The summed E-state index contributed by atoms with van der Waals surface area (Å²) in [5.74, 6) is -0.485. The van der Waals surface area contributed by atoms with Gasteiger partial charge in [-0.3, -0.25) is 4.79 Å². The zero-order valence-electron chi connectivity index (χ0n) is 9.30. The van der Waals surface area contributed by atoms with Gasteiger partial charge >= 0.3 is 0 Å². The lowest BCUT2D eigenvalue weighted by Gasteiger charge is -2.08. The predicted molar refractivity (Wildman–Crippen MR) is 61.2 cm³/mol. The molecular weight excluding hydrogens is 231 g/mol. The molecule has 0 aliphatic heterocycles. The van der Waals surface area contributed by atoms with Gasteiger partial charge in [0.1, 0.15) is 11.6 Å². The van der Waals surface area contributed by atoms with Crippen LogP contribution in [0.4, 0.5) is 4.39 Å². The van der Waals surface area contributed by atoms with E-state index >= 15 is 0 Å². The molecule has 1 unspecified atom stereocenters. The van der Waals surface area contributed by atoms with E-state index in [2.05, 4.69) is 0 Å². The first-order valence-corrected chi connectivity index (χ1v) is 5.39. The molecule has 0 fully saturated rings. The van der Waals surface area contributed by atoms with E-state index in [1.54, 1.807) is 20.1 Å². The maximum absolute atomic E-state index is 13.4. The Morgan fingerprint density at radius 3 is 2.81 bits per heavy atom. The Balaban J connectivity index is 2.63. The third-order valence-corrected chi connectivity index (χ3v) is 2.56. The van der Waals surface area contributed by atoms with Crippen LogP contribution in [0, 0.1) is 5.82 Å². The maximum atomic E-state index is 13.4. The van der Waals surface area contributed by atoms with Crippen molar-refractivity contribution in [1.29, 1.82) is 0 Å². The van der Waals surface area contributed by atoms with E-state index in [0.717, 1.165) is 0 Å². The third-order valence-electron chi connectivity index (χ3n) is 2.32. The van der Waals surface area contributed by atoms with Crippen molar-refractivity contribution < 1.29 is 13.9 Å². The molecule has 0 saturated heterocycles. The Kier molecular flexibility index (Phi) is 4.90.